The van der Waals surface area contributed by atoms with Crippen molar-refractivity contribution in [1.29, 1.82) is 0 Å². The van der Waals surface area contributed by atoms with E-state index in [1.807, 2.05) is 24.3 Å². The number of rotatable bonds is 4. The summed E-state index contributed by atoms with van der Waals surface area (Å²) in [6, 6.07) is 29.0. The van der Waals surface area contributed by atoms with Gasteiger partial charge in [-0.25, -0.2) is 19.9 Å². The Morgan fingerprint density at radius 1 is 0.489 bits per heavy atom. The van der Waals surface area contributed by atoms with E-state index in [4.69, 9.17) is 40.5 Å². The molecule has 0 saturated heterocycles. The Morgan fingerprint density at radius 3 is 1.27 bits per heavy atom. The molecule has 2 aromatic heterocycles. The van der Waals surface area contributed by atoms with Crippen molar-refractivity contribution in [2.75, 3.05) is 11.1 Å². The van der Waals surface area contributed by atoms with E-state index in [-0.39, 0.29) is 10.3 Å². The van der Waals surface area contributed by atoms with Crippen LogP contribution < -0.4 is 11.1 Å². The maximum absolute atomic E-state index is 6.01. The highest BCUT2D eigenvalue weighted by Crippen LogP contribution is 2.30. The highest BCUT2D eigenvalue weighted by atomic mass is 35.5. The number of anilines is 3. The number of nitrogen functional groups attached to an aromatic ring is 1. The summed E-state index contributed by atoms with van der Waals surface area (Å²) in [7, 11) is 0. The molecule has 0 radical (unpaired) electrons. The van der Waals surface area contributed by atoms with E-state index in [2.05, 4.69) is 114 Å². The molecule has 0 aliphatic rings. The molecule has 0 atom stereocenters. The Hall–Kier alpha value is -4.49. The molecule has 0 bridgehead atoms. The van der Waals surface area contributed by atoms with Crippen molar-refractivity contribution in [2.24, 2.45) is 0 Å². The van der Waals surface area contributed by atoms with Crippen LogP contribution in [-0.2, 0) is 0 Å². The monoisotopic (exact) mass is 654 g/mol. The second-order valence-corrected chi connectivity index (χ2v) is 11.3. The van der Waals surface area contributed by atoms with Gasteiger partial charge in [-0.05, 0) is 96.5 Å². The molecule has 228 valence electrons. The van der Waals surface area contributed by atoms with Gasteiger partial charge in [0.15, 0.2) is 21.3 Å². The van der Waals surface area contributed by atoms with Crippen LogP contribution >= 0.6 is 34.8 Å². The van der Waals surface area contributed by atoms with Crippen molar-refractivity contribution in [1.82, 2.24) is 19.9 Å². The van der Waals surface area contributed by atoms with E-state index in [1.54, 1.807) is 12.4 Å². The van der Waals surface area contributed by atoms with Crippen molar-refractivity contribution in [3.05, 3.63) is 147 Å². The number of hydrogen-bond acceptors (Lipinski definition) is 6. The first-order valence-electron chi connectivity index (χ1n) is 14.1. The Labute approximate surface area is 279 Å². The summed E-state index contributed by atoms with van der Waals surface area (Å²) in [5, 5.41) is 4.03. The van der Waals surface area contributed by atoms with Crippen LogP contribution in [0.4, 0.5) is 17.2 Å². The van der Waals surface area contributed by atoms with E-state index < -0.39 is 0 Å². The molecule has 4 aromatic carbocycles. The van der Waals surface area contributed by atoms with E-state index in [0.29, 0.717) is 11.0 Å². The topological polar surface area (TPSA) is 89.6 Å². The number of benzene rings is 4. The fraction of sp³-hybridized carbons (Fsp3) is 0.111. The van der Waals surface area contributed by atoms with E-state index in [9.17, 15) is 0 Å². The van der Waals surface area contributed by atoms with E-state index in [0.717, 1.165) is 11.4 Å². The zero-order chi connectivity index (χ0) is 32.3. The highest BCUT2D eigenvalue weighted by Gasteiger charge is 2.07. The summed E-state index contributed by atoms with van der Waals surface area (Å²) in [5.74, 6) is 0.559. The average Bonchev–Trinajstić information content (AvgIpc) is 3.02. The van der Waals surface area contributed by atoms with E-state index in [1.165, 1.54) is 56.9 Å². The van der Waals surface area contributed by atoms with Gasteiger partial charge in [-0.3, -0.25) is 0 Å². The predicted octanol–water partition coefficient (Wildman–Crippen LogP) is 10.5. The molecule has 0 aliphatic heterocycles. The molecule has 2 heterocycles. The van der Waals surface area contributed by atoms with E-state index >= 15 is 0 Å². The zero-order valence-corrected chi connectivity index (χ0v) is 27.7. The summed E-state index contributed by atoms with van der Waals surface area (Å²) in [5.41, 5.74) is 17.6. The maximum Gasteiger partial charge on any atom is 0.171 e. The third-order valence-corrected chi connectivity index (χ3v) is 7.79. The SMILES string of the molecule is Cc1cccc(C)c1-c1ccc(N)cc1.Cc1cccc(C)c1-c1ccc(Nc2nccnc2Cl)cc1.Clc1nccnc1Cl. The second-order valence-electron chi connectivity index (χ2n) is 10.2. The summed E-state index contributed by atoms with van der Waals surface area (Å²) in [4.78, 5) is 15.5. The number of aromatic nitrogens is 4. The van der Waals surface area contributed by atoms with Gasteiger partial charge in [0.25, 0.3) is 0 Å². The lowest BCUT2D eigenvalue weighted by atomic mass is 9.96. The van der Waals surface area contributed by atoms with Crippen LogP contribution in [0.1, 0.15) is 22.3 Å². The van der Waals surface area contributed by atoms with Crippen molar-refractivity contribution in [3.63, 3.8) is 0 Å². The molecule has 6 aromatic rings. The van der Waals surface area contributed by atoms with Gasteiger partial charge in [0, 0.05) is 36.2 Å². The molecule has 0 fully saturated rings. The lowest BCUT2D eigenvalue weighted by Crippen LogP contribution is -1.95. The molecule has 0 amide bonds. The molecule has 9 heteroatoms. The average molecular weight is 656 g/mol. The minimum atomic E-state index is 0.245. The van der Waals surface area contributed by atoms with Crippen LogP contribution in [0.25, 0.3) is 22.3 Å². The first-order chi connectivity index (χ1) is 21.6. The van der Waals surface area contributed by atoms with Crippen molar-refractivity contribution in [2.45, 2.75) is 27.7 Å². The van der Waals surface area contributed by atoms with Gasteiger partial charge in [0.05, 0.1) is 0 Å². The molecular formula is C36H33Cl3N6. The summed E-state index contributed by atoms with van der Waals surface area (Å²) in [6.07, 6.45) is 6.14. The zero-order valence-electron chi connectivity index (χ0n) is 25.4. The van der Waals surface area contributed by atoms with Crippen LogP contribution in [0, 0.1) is 27.7 Å². The van der Waals surface area contributed by atoms with Crippen molar-refractivity contribution in [3.8, 4) is 22.3 Å². The predicted molar refractivity (Wildman–Crippen MR) is 189 cm³/mol. The normalized spacial score (nSPS) is 10.2. The third-order valence-electron chi connectivity index (χ3n) is 6.86. The van der Waals surface area contributed by atoms with Crippen LogP contribution in [0.2, 0.25) is 15.5 Å². The molecular weight excluding hydrogens is 623 g/mol. The van der Waals surface area contributed by atoms with Gasteiger partial charge in [-0.2, -0.15) is 0 Å². The Kier molecular flexibility index (Phi) is 11.9. The quantitative estimate of drug-likeness (QED) is 0.184. The lowest BCUT2D eigenvalue weighted by Gasteiger charge is -2.11. The summed E-state index contributed by atoms with van der Waals surface area (Å²) in [6.45, 7) is 8.54. The van der Waals surface area contributed by atoms with Gasteiger partial charge < -0.3 is 11.1 Å². The molecule has 0 saturated carbocycles. The Balaban J connectivity index is 0.000000172. The Morgan fingerprint density at radius 2 is 0.867 bits per heavy atom. The number of nitrogens with two attached hydrogens (primary N) is 1. The molecule has 45 heavy (non-hydrogen) atoms. The van der Waals surface area contributed by atoms with Crippen molar-refractivity contribution < 1.29 is 0 Å². The fourth-order valence-electron chi connectivity index (χ4n) is 4.76. The van der Waals surface area contributed by atoms with Gasteiger partial charge in [-0.15, -0.1) is 0 Å². The summed E-state index contributed by atoms with van der Waals surface area (Å²) >= 11 is 16.8. The van der Waals surface area contributed by atoms with Gasteiger partial charge in [0.2, 0.25) is 0 Å². The molecule has 6 rings (SSSR count). The first kappa shape index (κ1) is 33.4. The van der Waals surface area contributed by atoms with Crippen LogP contribution in [0.5, 0.6) is 0 Å². The molecule has 6 nitrogen and oxygen atoms in total. The third kappa shape index (κ3) is 9.25. The first-order valence-corrected chi connectivity index (χ1v) is 15.2. The number of halogens is 3. The number of nitrogens with one attached hydrogen (secondary N) is 1. The second kappa shape index (κ2) is 16.0. The molecule has 0 aliphatic carbocycles. The van der Waals surface area contributed by atoms with Gasteiger partial charge in [-0.1, -0.05) is 95.5 Å². The van der Waals surface area contributed by atoms with Gasteiger partial charge >= 0.3 is 0 Å². The minimum absolute atomic E-state index is 0.245. The van der Waals surface area contributed by atoms with Crippen molar-refractivity contribution >= 4 is 52.0 Å². The van der Waals surface area contributed by atoms with Crippen LogP contribution in [-0.4, -0.2) is 19.9 Å². The standard InChI is InChI=1S/C18H16ClN3.C14H15N.C4H2Cl2N2/c1-12-4-3-5-13(2)16(12)14-6-8-15(9-7-14)22-18-17(19)20-10-11-21-18;1-10-4-3-5-11(2)14(10)12-6-8-13(15)9-7-12;5-3-4(6)8-2-1-7-3/h3-11H,1-2H3,(H,21,22);3-9H,15H2,1-2H3;1-2H. The smallest absolute Gasteiger partial charge is 0.171 e. The minimum Gasteiger partial charge on any atom is -0.399 e. The molecule has 0 spiro atoms. The van der Waals surface area contributed by atoms with Crippen LogP contribution in [0.3, 0.4) is 0 Å². The lowest BCUT2D eigenvalue weighted by molar-refractivity contribution is 1.20. The molecule has 0 unspecified atom stereocenters. The number of nitrogens with zero attached hydrogens (tertiary/aromatic N) is 4. The summed E-state index contributed by atoms with van der Waals surface area (Å²) < 4.78 is 0. The van der Waals surface area contributed by atoms with Crippen LogP contribution in [0.15, 0.2) is 110 Å². The highest BCUT2D eigenvalue weighted by molar-refractivity contribution is 6.40. The molecule has 3 N–H and O–H groups in total. The Bertz CT molecular complexity index is 1800. The fourth-order valence-corrected chi connectivity index (χ4v) is 5.12. The largest absolute Gasteiger partial charge is 0.399 e. The number of aryl methyl sites for hydroxylation is 4. The maximum atomic E-state index is 6.01. The van der Waals surface area contributed by atoms with Gasteiger partial charge in [0.1, 0.15) is 0 Å². The number of hydrogen-bond donors (Lipinski definition) is 2.